The minimum Gasteiger partial charge on any atom is -0.490 e. The zero-order chi connectivity index (χ0) is 10.8. The summed E-state index contributed by atoms with van der Waals surface area (Å²) in [5, 5.41) is 0. The molecule has 0 aromatic heterocycles. The fourth-order valence-electron chi connectivity index (χ4n) is 1.24. The molecule has 0 bridgehead atoms. The first-order valence-corrected chi connectivity index (χ1v) is 4.75. The van der Waals surface area contributed by atoms with Crippen LogP contribution < -0.4 is 0 Å². The van der Waals surface area contributed by atoms with Crippen LogP contribution in [-0.2, 0) is 14.3 Å². The number of hydrogen-bond acceptors (Lipinski definition) is 3. The summed E-state index contributed by atoms with van der Waals surface area (Å²) in [5.74, 6) is -1.80. The molecule has 3 nitrogen and oxygen atoms in total. The molecular formula is C10H15FO3. The number of halogens is 1. The normalized spacial score (nSPS) is 19.9. The Kier molecular flexibility index (Phi) is 3.13. The number of hydrogen-bond donors (Lipinski definition) is 0. The van der Waals surface area contributed by atoms with E-state index in [9.17, 15) is 9.18 Å². The molecule has 0 aliphatic carbocycles. The maximum atomic E-state index is 13.2. The summed E-state index contributed by atoms with van der Waals surface area (Å²) in [4.78, 5) is 10.9. The first kappa shape index (κ1) is 11.0. The van der Waals surface area contributed by atoms with E-state index in [2.05, 4.69) is 0 Å². The lowest BCUT2D eigenvalue weighted by Crippen LogP contribution is -2.24. The predicted molar refractivity (Wildman–Crippen MR) is 49.2 cm³/mol. The van der Waals surface area contributed by atoms with Crippen molar-refractivity contribution in [3.63, 3.8) is 0 Å². The van der Waals surface area contributed by atoms with E-state index in [4.69, 9.17) is 9.47 Å². The highest BCUT2D eigenvalue weighted by atomic mass is 19.1. The quantitative estimate of drug-likeness (QED) is 0.518. The monoisotopic (exact) mass is 202 g/mol. The van der Waals surface area contributed by atoms with Crippen molar-refractivity contribution in [1.82, 2.24) is 0 Å². The summed E-state index contributed by atoms with van der Waals surface area (Å²) >= 11 is 0. The molecule has 0 aromatic rings. The smallest absolute Gasteiger partial charge is 0.371 e. The number of carbonyl (C=O) groups is 1. The lowest BCUT2D eigenvalue weighted by atomic mass is 10.1. The Hall–Kier alpha value is -1.06. The Bertz CT molecular complexity index is 269. The van der Waals surface area contributed by atoms with Crippen LogP contribution in [0.2, 0.25) is 0 Å². The van der Waals surface area contributed by atoms with Crippen molar-refractivity contribution in [3.05, 3.63) is 11.6 Å². The number of unbranched alkanes of at least 4 members (excludes halogenated alkanes) is 1. The van der Waals surface area contributed by atoms with E-state index in [1.807, 2.05) is 6.92 Å². The third-order valence-corrected chi connectivity index (χ3v) is 2.02. The third kappa shape index (κ3) is 2.05. The molecule has 0 saturated heterocycles. The highest BCUT2D eigenvalue weighted by Gasteiger charge is 2.43. The van der Waals surface area contributed by atoms with Crippen molar-refractivity contribution in [2.24, 2.45) is 0 Å². The fraction of sp³-hybridized carbons (Fsp3) is 0.700. The molecule has 0 N–H and O–H groups in total. The second-order valence-electron chi connectivity index (χ2n) is 3.74. The van der Waals surface area contributed by atoms with Crippen LogP contribution in [0.3, 0.4) is 0 Å². The third-order valence-electron chi connectivity index (χ3n) is 2.02. The Balaban J connectivity index is 2.68. The van der Waals surface area contributed by atoms with Crippen molar-refractivity contribution < 1.29 is 18.7 Å². The van der Waals surface area contributed by atoms with Crippen LogP contribution in [0.1, 0.15) is 33.6 Å². The molecule has 14 heavy (non-hydrogen) atoms. The topological polar surface area (TPSA) is 35.5 Å². The van der Waals surface area contributed by atoms with Gasteiger partial charge in [-0.05, 0) is 20.3 Å². The molecule has 1 heterocycles. The molecule has 0 amide bonds. The molecule has 1 rings (SSSR count). The van der Waals surface area contributed by atoms with Crippen molar-refractivity contribution in [2.75, 3.05) is 6.61 Å². The second kappa shape index (κ2) is 3.98. The van der Waals surface area contributed by atoms with Gasteiger partial charge in [0.15, 0.2) is 11.4 Å². The highest BCUT2D eigenvalue weighted by molar-refractivity contribution is 5.90. The van der Waals surface area contributed by atoms with Gasteiger partial charge in [0.2, 0.25) is 5.83 Å². The van der Waals surface area contributed by atoms with Crippen molar-refractivity contribution in [3.8, 4) is 0 Å². The second-order valence-corrected chi connectivity index (χ2v) is 3.74. The largest absolute Gasteiger partial charge is 0.490 e. The molecule has 0 spiro atoms. The predicted octanol–water partition coefficient (Wildman–Crippen LogP) is 2.32. The molecule has 0 atom stereocenters. The van der Waals surface area contributed by atoms with Crippen LogP contribution in [-0.4, -0.2) is 18.2 Å². The van der Waals surface area contributed by atoms with Crippen LogP contribution in [0.15, 0.2) is 11.6 Å². The maximum Gasteiger partial charge on any atom is 0.371 e. The minimum absolute atomic E-state index is 0.0240. The summed E-state index contributed by atoms with van der Waals surface area (Å²) in [6.45, 7) is 5.65. The Morgan fingerprint density at radius 1 is 1.50 bits per heavy atom. The maximum absolute atomic E-state index is 13.2. The molecule has 0 saturated carbocycles. The van der Waals surface area contributed by atoms with E-state index < -0.39 is 17.4 Å². The van der Waals surface area contributed by atoms with Crippen molar-refractivity contribution in [2.45, 2.75) is 39.2 Å². The first-order chi connectivity index (χ1) is 6.49. The van der Waals surface area contributed by atoms with Gasteiger partial charge in [0.25, 0.3) is 0 Å². The van der Waals surface area contributed by atoms with Gasteiger partial charge in [0.1, 0.15) is 0 Å². The molecule has 0 unspecified atom stereocenters. The van der Waals surface area contributed by atoms with E-state index in [1.165, 1.54) is 0 Å². The highest BCUT2D eigenvalue weighted by Crippen LogP contribution is 2.33. The molecular weight excluding hydrogens is 187 g/mol. The fourth-order valence-corrected chi connectivity index (χ4v) is 1.24. The van der Waals surface area contributed by atoms with Crippen molar-refractivity contribution in [1.29, 1.82) is 0 Å². The van der Waals surface area contributed by atoms with Gasteiger partial charge < -0.3 is 9.47 Å². The van der Waals surface area contributed by atoms with E-state index in [1.54, 1.807) is 13.8 Å². The van der Waals surface area contributed by atoms with E-state index in [0.29, 0.717) is 6.61 Å². The molecule has 1 aliphatic heterocycles. The van der Waals surface area contributed by atoms with Gasteiger partial charge in [-0.1, -0.05) is 13.3 Å². The van der Waals surface area contributed by atoms with Crippen LogP contribution in [0.5, 0.6) is 0 Å². The summed E-state index contributed by atoms with van der Waals surface area (Å²) in [6, 6.07) is 0. The average Bonchev–Trinajstić information content (AvgIpc) is 2.27. The van der Waals surface area contributed by atoms with Gasteiger partial charge in [-0.2, -0.15) is 4.39 Å². The lowest BCUT2D eigenvalue weighted by Gasteiger charge is -2.20. The average molecular weight is 202 g/mol. The first-order valence-electron chi connectivity index (χ1n) is 4.75. The number of rotatable bonds is 4. The summed E-state index contributed by atoms with van der Waals surface area (Å²) in [6.07, 6.45) is 1.80. The summed E-state index contributed by atoms with van der Waals surface area (Å²) in [7, 11) is 0. The Morgan fingerprint density at radius 2 is 2.14 bits per heavy atom. The standard InChI is InChI=1S/C10H15FO3/c1-4-5-6-13-8-7(11)9(12)14-10(8,2)3/h4-6H2,1-3H3. The SMILES string of the molecule is CCCCOC1=C(F)C(=O)OC1(C)C. The van der Waals surface area contributed by atoms with E-state index in [0.717, 1.165) is 12.8 Å². The molecule has 0 radical (unpaired) electrons. The van der Waals surface area contributed by atoms with Gasteiger partial charge in [-0.15, -0.1) is 0 Å². The van der Waals surface area contributed by atoms with E-state index >= 15 is 0 Å². The number of esters is 1. The molecule has 1 aliphatic rings. The number of ether oxygens (including phenoxy) is 2. The lowest BCUT2D eigenvalue weighted by molar-refractivity contribution is -0.146. The van der Waals surface area contributed by atoms with Gasteiger partial charge in [-0.25, -0.2) is 4.79 Å². The molecule has 0 aromatic carbocycles. The zero-order valence-corrected chi connectivity index (χ0v) is 8.72. The minimum atomic E-state index is -0.963. The number of cyclic esters (lactones) is 1. The van der Waals surface area contributed by atoms with Gasteiger partial charge >= 0.3 is 5.97 Å². The summed E-state index contributed by atoms with van der Waals surface area (Å²) < 4.78 is 23.2. The van der Waals surface area contributed by atoms with Crippen LogP contribution in [0.25, 0.3) is 0 Å². The Labute approximate surface area is 82.9 Å². The van der Waals surface area contributed by atoms with Crippen LogP contribution in [0, 0.1) is 0 Å². The Morgan fingerprint density at radius 3 is 2.57 bits per heavy atom. The van der Waals surface area contributed by atoms with Crippen LogP contribution >= 0.6 is 0 Å². The van der Waals surface area contributed by atoms with Crippen molar-refractivity contribution >= 4 is 5.97 Å². The summed E-state index contributed by atoms with van der Waals surface area (Å²) in [5.41, 5.74) is -0.963. The molecule has 0 fully saturated rings. The van der Waals surface area contributed by atoms with Crippen LogP contribution in [0.4, 0.5) is 4.39 Å². The number of carbonyl (C=O) groups excluding carboxylic acids is 1. The molecule has 80 valence electrons. The molecule has 4 heteroatoms. The van der Waals surface area contributed by atoms with Gasteiger partial charge in [-0.3, -0.25) is 0 Å². The van der Waals surface area contributed by atoms with Gasteiger partial charge in [0.05, 0.1) is 6.61 Å². The zero-order valence-electron chi connectivity index (χ0n) is 8.72. The van der Waals surface area contributed by atoms with E-state index in [-0.39, 0.29) is 5.76 Å². The van der Waals surface area contributed by atoms with Gasteiger partial charge in [0, 0.05) is 0 Å².